The zero-order valence-electron chi connectivity index (χ0n) is 17.6. The van der Waals surface area contributed by atoms with E-state index in [1.165, 1.54) is 18.2 Å². The highest BCUT2D eigenvalue weighted by Crippen LogP contribution is 2.15. The van der Waals surface area contributed by atoms with E-state index < -0.39 is 10.0 Å². The quantitative estimate of drug-likeness (QED) is 0.670. The molecule has 3 rings (SSSR count). The van der Waals surface area contributed by atoms with Gasteiger partial charge in [0.25, 0.3) is 0 Å². The molecule has 1 aliphatic heterocycles. The SMILES string of the molecule is Cc1ccccc1CC(=O)N1CCN(CCC(=O)Nc2cccc(S(N)(=O)=O)c2)CC1. The Morgan fingerprint density at radius 1 is 1.03 bits per heavy atom. The fourth-order valence-electron chi connectivity index (χ4n) is 3.54. The highest BCUT2D eigenvalue weighted by atomic mass is 32.2. The van der Waals surface area contributed by atoms with Crippen molar-refractivity contribution in [1.29, 1.82) is 0 Å². The monoisotopic (exact) mass is 444 g/mol. The van der Waals surface area contributed by atoms with Crippen LogP contribution in [0.15, 0.2) is 53.4 Å². The molecular formula is C22H28N4O4S. The average Bonchev–Trinajstić information content (AvgIpc) is 2.74. The van der Waals surface area contributed by atoms with Gasteiger partial charge in [-0.05, 0) is 36.2 Å². The molecule has 0 atom stereocenters. The number of benzene rings is 2. The molecule has 2 amide bonds. The molecule has 31 heavy (non-hydrogen) atoms. The maximum absolute atomic E-state index is 12.6. The normalized spacial score (nSPS) is 15.0. The van der Waals surface area contributed by atoms with E-state index in [1.54, 1.807) is 6.07 Å². The molecular weight excluding hydrogens is 416 g/mol. The minimum Gasteiger partial charge on any atom is -0.340 e. The third-order valence-corrected chi connectivity index (χ3v) is 6.34. The van der Waals surface area contributed by atoms with Crippen molar-refractivity contribution in [3.05, 3.63) is 59.7 Å². The fraction of sp³-hybridized carbons (Fsp3) is 0.364. The van der Waals surface area contributed by atoms with Gasteiger partial charge in [-0.3, -0.25) is 14.5 Å². The Morgan fingerprint density at radius 3 is 2.42 bits per heavy atom. The summed E-state index contributed by atoms with van der Waals surface area (Å²) in [5.74, 6) is -0.0777. The van der Waals surface area contributed by atoms with Gasteiger partial charge in [-0.15, -0.1) is 0 Å². The summed E-state index contributed by atoms with van der Waals surface area (Å²) >= 11 is 0. The summed E-state index contributed by atoms with van der Waals surface area (Å²) in [6.07, 6.45) is 0.684. The van der Waals surface area contributed by atoms with E-state index in [-0.39, 0.29) is 23.1 Å². The molecule has 3 N–H and O–H groups in total. The summed E-state index contributed by atoms with van der Waals surface area (Å²) in [5.41, 5.74) is 2.57. The van der Waals surface area contributed by atoms with Gasteiger partial charge >= 0.3 is 0 Å². The summed E-state index contributed by atoms with van der Waals surface area (Å²) in [6.45, 7) is 5.30. The molecule has 0 saturated carbocycles. The van der Waals surface area contributed by atoms with E-state index in [2.05, 4.69) is 10.2 Å². The average molecular weight is 445 g/mol. The molecule has 1 aliphatic rings. The molecule has 1 heterocycles. The van der Waals surface area contributed by atoms with Crippen molar-refractivity contribution in [2.24, 2.45) is 5.14 Å². The molecule has 0 unspecified atom stereocenters. The predicted octanol–water partition coefficient (Wildman–Crippen LogP) is 1.36. The number of primary sulfonamides is 1. The summed E-state index contributed by atoms with van der Waals surface area (Å²) < 4.78 is 22.9. The minimum atomic E-state index is -3.82. The van der Waals surface area contributed by atoms with Crippen molar-refractivity contribution in [2.45, 2.75) is 24.7 Å². The molecule has 1 fully saturated rings. The number of carbonyl (C=O) groups is 2. The minimum absolute atomic E-state index is 0.0446. The number of nitrogens with zero attached hydrogens (tertiary/aromatic N) is 2. The lowest BCUT2D eigenvalue weighted by Gasteiger charge is -2.34. The Balaban J connectivity index is 1.42. The lowest BCUT2D eigenvalue weighted by atomic mass is 10.1. The number of sulfonamides is 1. The second kappa shape index (κ2) is 10.0. The molecule has 0 aromatic heterocycles. The van der Waals surface area contributed by atoms with Gasteiger partial charge in [-0.25, -0.2) is 13.6 Å². The zero-order chi connectivity index (χ0) is 22.4. The predicted molar refractivity (Wildman–Crippen MR) is 119 cm³/mol. The number of amides is 2. The van der Waals surface area contributed by atoms with E-state index in [0.29, 0.717) is 44.8 Å². The number of aryl methyl sites for hydroxylation is 1. The Bertz CT molecular complexity index is 1050. The molecule has 0 radical (unpaired) electrons. The highest BCUT2D eigenvalue weighted by Gasteiger charge is 2.22. The Kier molecular flexibility index (Phi) is 7.42. The first kappa shape index (κ1) is 22.9. The number of hydrogen-bond donors (Lipinski definition) is 2. The number of anilines is 1. The molecule has 2 aromatic carbocycles. The van der Waals surface area contributed by atoms with Crippen LogP contribution in [0.1, 0.15) is 17.5 Å². The number of piperazine rings is 1. The maximum Gasteiger partial charge on any atom is 0.238 e. The summed E-state index contributed by atoms with van der Waals surface area (Å²) in [6, 6.07) is 13.8. The summed E-state index contributed by atoms with van der Waals surface area (Å²) in [7, 11) is -3.82. The first-order valence-electron chi connectivity index (χ1n) is 10.2. The van der Waals surface area contributed by atoms with E-state index in [1.807, 2.05) is 36.1 Å². The van der Waals surface area contributed by atoms with Crippen LogP contribution in [-0.4, -0.2) is 62.8 Å². The largest absolute Gasteiger partial charge is 0.340 e. The van der Waals surface area contributed by atoms with Crippen molar-refractivity contribution < 1.29 is 18.0 Å². The van der Waals surface area contributed by atoms with Crippen LogP contribution >= 0.6 is 0 Å². The van der Waals surface area contributed by atoms with Gasteiger partial charge in [0.15, 0.2) is 0 Å². The number of nitrogens with one attached hydrogen (secondary N) is 1. The Morgan fingerprint density at radius 2 is 1.74 bits per heavy atom. The Labute approximate surface area is 183 Å². The standard InChI is InChI=1S/C22H28N4O4S/c1-17-5-2-3-6-18(17)15-22(28)26-13-11-25(12-14-26)10-9-21(27)24-19-7-4-8-20(16-19)31(23,29)30/h2-8,16H,9-15H2,1H3,(H,24,27)(H2,23,29,30). The number of rotatable bonds is 7. The summed E-state index contributed by atoms with van der Waals surface area (Å²) in [4.78, 5) is 28.8. The van der Waals surface area contributed by atoms with Gasteiger partial charge in [0.2, 0.25) is 21.8 Å². The van der Waals surface area contributed by atoms with Crippen LogP contribution in [0.5, 0.6) is 0 Å². The van der Waals surface area contributed by atoms with Gasteiger partial charge in [-0.2, -0.15) is 0 Å². The van der Waals surface area contributed by atoms with Gasteiger partial charge in [0.05, 0.1) is 11.3 Å². The highest BCUT2D eigenvalue weighted by molar-refractivity contribution is 7.89. The first-order valence-corrected chi connectivity index (χ1v) is 11.7. The van der Waals surface area contributed by atoms with E-state index in [0.717, 1.165) is 11.1 Å². The molecule has 8 nitrogen and oxygen atoms in total. The molecule has 0 aliphatic carbocycles. The van der Waals surface area contributed by atoms with Crippen molar-refractivity contribution >= 4 is 27.5 Å². The fourth-order valence-corrected chi connectivity index (χ4v) is 4.10. The lowest BCUT2D eigenvalue weighted by molar-refractivity contribution is -0.132. The topological polar surface area (TPSA) is 113 Å². The van der Waals surface area contributed by atoms with Gasteiger partial charge in [-0.1, -0.05) is 30.3 Å². The number of hydrogen-bond acceptors (Lipinski definition) is 5. The molecule has 1 saturated heterocycles. The molecule has 0 bridgehead atoms. The van der Waals surface area contributed by atoms with Crippen LogP contribution < -0.4 is 10.5 Å². The molecule has 166 valence electrons. The first-order chi connectivity index (χ1) is 14.7. The summed E-state index contributed by atoms with van der Waals surface area (Å²) in [5, 5.41) is 7.82. The van der Waals surface area contributed by atoms with Crippen molar-refractivity contribution in [1.82, 2.24) is 9.80 Å². The maximum atomic E-state index is 12.6. The Hall–Kier alpha value is -2.75. The van der Waals surface area contributed by atoms with E-state index in [4.69, 9.17) is 5.14 Å². The van der Waals surface area contributed by atoms with Crippen LogP contribution in [0.2, 0.25) is 0 Å². The van der Waals surface area contributed by atoms with Gasteiger partial charge in [0, 0.05) is 44.8 Å². The van der Waals surface area contributed by atoms with E-state index in [9.17, 15) is 18.0 Å². The molecule has 2 aromatic rings. The zero-order valence-corrected chi connectivity index (χ0v) is 18.4. The second-order valence-corrected chi connectivity index (χ2v) is 9.26. The van der Waals surface area contributed by atoms with Crippen LogP contribution in [0.3, 0.4) is 0 Å². The molecule has 0 spiro atoms. The van der Waals surface area contributed by atoms with Crippen molar-refractivity contribution in [2.75, 3.05) is 38.0 Å². The lowest BCUT2D eigenvalue weighted by Crippen LogP contribution is -2.49. The van der Waals surface area contributed by atoms with Crippen molar-refractivity contribution in [3.63, 3.8) is 0 Å². The van der Waals surface area contributed by atoms with E-state index >= 15 is 0 Å². The smallest absolute Gasteiger partial charge is 0.238 e. The van der Waals surface area contributed by atoms with Crippen LogP contribution in [-0.2, 0) is 26.0 Å². The number of nitrogens with two attached hydrogens (primary N) is 1. The van der Waals surface area contributed by atoms with Crippen molar-refractivity contribution in [3.8, 4) is 0 Å². The molecule has 9 heteroatoms. The van der Waals surface area contributed by atoms with Crippen LogP contribution in [0.4, 0.5) is 5.69 Å². The third kappa shape index (κ3) is 6.61. The van der Waals surface area contributed by atoms with Crippen LogP contribution in [0.25, 0.3) is 0 Å². The second-order valence-electron chi connectivity index (χ2n) is 7.70. The van der Waals surface area contributed by atoms with Crippen LogP contribution in [0, 0.1) is 6.92 Å². The van der Waals surface area contributed by atoms with Gasteiger partial charge < -0.3 is 10.2 Å². The van der Waals surface area contributed by atoms with Gasteiger partial charge in [0.1, 0.15) is 0 Å². The third-order valence-electron chi connectivity index (χ3n) is 5.43. The number of carbonyl (C=O) groups excluding carboxylic acids is 2.